The normalized spacial score (nSPS) is 14.6. The molecule has 1 aromatic rings. The fourth-order valence-corrected chi connectivity index (χ4v) is 1.38. The van der Waals surface area contributed by atoms with Gasteiger partial charge in [0.25, 0.3) is 5.91 Å². The molecule has 1 fully saturated rings. The van der Waals surface area contributed by atoms with Crippen molar-refractivity contribution in [1.29, 1.82) is 0 Å². The van der Waals surface area contributed by atoms with Gasteiger partial charge >= 0.3 is 0 Å². The van der Waals surface area contributed by atoms with Crippen molar-refractivity contribution in [3.8, 4) is 5.75 Å². The van der Waals surface area contributed by atoms with Crippen molar-refractivity contribution in [2.75, 3.05) is 12.3 Å². The van der Waals surface area contributed by atoms with E-state index in [1.807, 2.05) is 13.0 Å². The Morgan fingerprint density at radius 2 is 2.31 bits per heavy atom. The Morgan fingerprint density at radius 1 is 1.56 bits per heavy atom. The second-order valence-electron chi connectivity index (χ2n) is 4.15. The van der Waals surface area contributed by atoms with Crippen molar-refractivity contribution >= 4 is 11.6 Å². The van der Waals surface area contributed by atoms with Crippen LogP contribution in [0.25, 0.3) is 0 Å². The minimum Gasteiger partial charge on any atom is -0.484 e. The van der Waals surface area contributed by atoms with Gasteiger partial charge in [-0.1, -0.05) is 0 Å². The molecule has 2 rings (SSSR count). The summed E-state index contributed by atoms with van der Waals surface area (Å²) in [5, 5.41) is 2.86. The van der Waals surface area contributed by atoms with Gasteiger partial charge in [-0.25, -0.2) is 0 Å². The van der Waals surface area contributed by atoms with Gasteiger partial charge in [-0.05, 0) is 43.5 Å². The molecule has 0 radical (unpaired) electrons. The summed E-state index contributed by atoms with van der Waals surface area (Å²) in [4.78, 5) is 11.4. The number of carbonyl (C=O) groups is 1. The van der Waals surface area contributed by atoms with E-state index in [9.17, 15) is 4.79 Å². The van der Waals surface area contributed by atoms with Crippen LogP contribution >= 0.6 is 0 Å². The number of rotatable bonds is 4. The van der Waals surface area contributed by atoms with E-state index >= 15 is 0 Å². The van der Waals surface area contributed by atoms with Crippen LogP contribution in [0.5, 0.6) is 5.75 Å². The average molecular weight is 220 g/mol. The van der Waals surface area contributed by atoms with E-state index in [0.717, 1.165) is 24.1 Å². The Balaban J connectivity index is 1.83. The molecule has 0 aromatic heterocycles. The molecule has 1 aromatic carbocycles. The number of hydrogen-bond donors (Lipinski definition) is 2. The second kappa shape index (κ2) is 4.43. The van der Waals surface area contributed by atoms with Crippen LogP contribution in [0, 0.1) is 6.92 Å². The van der Waals surface area contributed by atoms with E-state index < -0.39 is 0 Å². The molecule has 16 heavy (non-hydrogen) atoms. The molecule has 3 N–H and O–H groups in total. The monoisotopic (exact) mass is 220 g/mol. The van der Waals surface area contributed by atoms with E-state index in [2.05, 4.69) is 5.32 Å². The summed E-state index contributed by atoms with van der Waals surface area (Å²) < 4.78 is 5.36. The molecule has 86 valence electrons. The highest BCUT2D eigenvalue weighted by Crippen LogP contribution is 2.19. The van der Waals surface area contributed by atoms with Crippen LogP contribution in [0.4, 0.5) is 5.69 Å². The predicted molar refractivity (Wildman–Crippen MR) is 62.3 cm³/mol. The van der Waals surface area contributed by atoms with E-state index in [4.69, 9.17) is 10.5 Å². The lowest BCUT2D eigenvalue weighted by molar-refractivity contribution is -0.123. The maximum absolute atomic E-state index is 11.4. The van der Waals surface area contributed by atoms with Crippen LogP contribution in [-0.2, 0) is 4.79 Å². The summed E-state index contributed by atoms with van der Waals surface area (Å²) >= 11 is 0. The van der Waals surface area contributed by atoms with Crippen LogP contribution in [0.2, 0.25) is 0 Å². The Bertz CT molecular complexity index is 400. The van der Waals surface area contributed by atoms with Crippen LogP contribution in [-0.4, -0.2) is 18.6 Å². The number of benzene rings is 1. The van der Waals surface area contributed by atoms with Crippen LogP contribution in [0.3, 0.4) is 0 Å². The van der Waals surface area contributed by atoms with E-state index in [1.165, 1.54) is 0 Å². The maximum Gasteiger partial charge on any atom is 0.258 e. The topological polar surface area (TPSA) is 64.3 Å². The number of anilines is 1. The SMILES string of the molecule is Cc1cc(OCC(=O)NC2CC2)ccc1N. The van der Waals surface area contributed by atoms with Crippen molar-refractivity contribution < 1.29 is 9.53 Å². The largest absolute Gasteiger partial charge is 0.484 e. The Hall–Kier alpha value is -1.71. The maximum atomic E-state index is 11.4. The number of ether oxygens (including phenoxy) is 1. The van der Waals surface area contributed by atoms with Gasteiger partial charge in [-0.3, -0.25) is 4.79 Å². The quantitative estimate of drug-likeness (QED) is 0.750. The van der Waals surface area contributed by atoms with Gasteiger partial charge < -0.3 is 15.8 Å². The summed E-state index contributed by atoms with van der Waals surface area (Å²) in [6.45, 7) is 1.98. The van der Waals surface area contributed by atoms with Gasteiger partial charge in [-0.2, -0.15) is 0 Å². The van der Waals surface area contributed by atoms with Crippen molar-refractivity contribution in [3.63, 3.8) is 0 Å². The molecular weight excluding hydrogens is 204 g/mol. The first kappa shape index (κ1) is 10.8. The first-order valence-electron chi connectivity index (χ1n) is 5.43. The number of hydrogen-bond acceptors (Lipinski definition) is 3. The number of aryl methyl sites for hydroxylation is 1. The molecular formula is C12H16N2O2. The fraction of sp³-hybridized carbons (Fsp3) is 0.417. The number of carbonyl (C=O) groups excluding carboxylic acids is 1. The lowest BCUT2D eigenvalue weighted by atomic mass is 10.2. The number of nitrogen functional groups attached to an aromatic ring is 1. The van der Waals surface area contributed by atoms with Gasteiger partial charge in [0.15, 0.2) is 6.61 Å². The zero-order valence-corrected chi connectivity index (χ0v) is 9.32. The highest BCUT2D eigenvalue weighted by molar-refractivity contribution is 5.78. The van der Waals surface area contributed by atoms with Gasteiger partial charge in [0.1, 0.15) is 5.75 Å². The summed E-state index contributed by atoms with van der Waals surface area (Å²) in [6, 6.07) is 5.76. The molecule has 0 spiro atoms. The van der Waals surface area contributed by atoms with E-state index in [1.54, 1.807) is 12.1 Å². The molecule has 0 atom stereocenters. The minimum absolute atomic E-state index is 0.0584. The predicted octanol–water partition coefficient (Wildman–Crippen LogP) is 1.23. The molecule has 1 aliphatic carbocycles. The van der Waals surface area contributed by atoms with Gasteiger partial charge in [-0.15, -0.1) is 0 Å². The summed E-state index contributed by atoms with van der Waals surface area (Å²) in [5.74, 6) is 0.620. The molecule has 1 saturated carbocycles. The fourth-order valence-electron chi connectivity index (χ4n) is 1.38. The molecule has 1 aliphatic rings. The van der Waals surface area contributed by atoms with E-state index in [-0.39, 0.29) is 12.5 Å². The van der Waals surface area contributed by atoms with Crippen LogP contribution < -0.4 is 15.8 Å². The molecule has 0 aliphatic heterocycles. The van der Waals surface area contributed by atoms with Crippen molar-refractivity contribution in [1.82, 2.24) is 5.32 Å². The first-order valence-corrected chi connectivity index (χ1v) is 5.43. The molecule has 0 saturated heterocycles. The first-order chi connectivity index (χ1) is 7.65. The lowest BCUT2D eigenvalue weighted by Gasteiger charge is -2.08. The lowest BCUT2D eigenvalue weighted by Crippen LogP contribution is -2.30. The minimum atomic E-state index is -0.0584. The summed E-state index contributed by atoms with van der Waals surface area (Å²) in [7, 11) is 0. The number of amides is 1. The van der Waals surface area contributed by atoms with Crippen molar-refractivity contribution in [3.05, 3.63) is 23.8 Å². The van der Waals surface area contributed by atoms with Crippen molar-refractivity contribution in [2.24, 2.45) is 0 Å². The molecule has 0 heterocycles. The third kappa shape index (κ3) is 2.89. The number of nitrogens with one attached hydrogen (secondary N) is 1. The third-order valence-corrected chi connectivity index (χ3v) is 2.55. The number of nitrogens with two attached hydrogens (primary N) is 1. The third-order valence-electron chi connectivity index (χ3n) is 2.55. The molecule has 0 bridgehead atoms. The zero-order valence-electron chi connectivity index (χ0n) is 9.32. The molecule has 0 unspecified atom stereocenters. The van der Waals surface area contributed by atoms with Gasteiger partial charge in [0, 0.05) is 11.7 Å². The Labute approximate surface area is 94.8 Å². The Morgan fingerprint density at radius 3 is 2.94 bits per heavy atom. The average Bonchev–Trinajstić information content (AvgIpc) is 3.04. The summed E-state index contributed by atoms with van der Waals surface area (Å²) in [6.07, 6.45) is 2.18. The van der Waals surface area contributed by atoms with E-state index in [0.29, 0.717) is 11.8 Å². The molecule has 4 heteroatoms. The van der Waals surface area contributed by atoms with Crippen molar-refractivity contribution in [2.45, 2.75) is 25.8 Å². The van der Waals surface area contributed by atoms with Gasteiger partial charge in [0.05, 0.1) is 0 Å². The second-order valence-corrected chi connectivity index (χ2v) is 4.15. The van der Waals surface area contributed by atoms with Crippen LogP contribution in [0.1, 0.15) is 18.4 Å². The molecule has 4 nitrogen and oxygen atoms in total. The molecule has 1 amide bonds. The Kier molecular flexibility index (Phi) is 2.99. The van der Waals surface area contributed by atoms with Crippen LogP contribution in [0.15, 0.2) is 18.2 Å². The zero-order chi connectivity index (χ0) is 11.5. The highest BCUT2D eigenvalue weighted by Gasteiger charge is 2.23. The standard InChI is InChI=1S/C12H16N2O2/c1-8-6-10(4-5-11(8)13)16-7-12(15)14-9-2-3-9/h4-6,9H,2-3,7,13H2,1H3,(H,14,15). The highest BCUT2D eigenvalue weighted by atomic mass is 16.5. The summed E-state index contributed by atoms with van der Waals surface area (Å²) in [5.41, 5.74) is 7.37. The van der Waals surface area contributed by atoms with Gasteiger partial charge in [0.2, 0.25) is 0 Å². The smallest absolute Gasteiger partial charge is 0.258 e.